The van der Waals surface area contributed by atoms with Crippen molar-refractivity contribution in [2.24, 2.45) is 4.99 Å². The maximum Gasteiger partial charge on any atom is 0.417 e. The van der Waals surface area contributed by atoms with Gasteiger partial charge in [0.05, 0.1) is 18.7 Å². The third kappa shape index (κ3) is 2.92. The van der Waals surface area contributed by atoms with Crippen LogP contribution in [-0.4, -0.2) is 36.7 Å². The lowest BCUT2D eigenvalue weighted by molar-refractivity contribution is -0.0981. The summed E-state index contributed by atoms with van der Waals surface area (Å²) in [6.45, 7) is -3.31. The largest absolute Gasteiger partial charge is 0.490 e. The van der Waals surface area contributed by atoms with Crippen molar-refractivity contribution in [3.8, 4) is 5.75 Å². The molecule has 3 heterocycles. The van der Waals surface area contributed by atoms with Crippen molar-refractivity contribution < 1.29 is 35.8 Å². The molecule has 0 saturated carbocycles. The first-order chi connectivity index (χ1) is 12.7. The van der Waals surface area contributed by atoms with Gasteiger partial charge < -0.3 is 14.4 Å². The van der Waals surface area contributed by atoms with Gasteiger partial charge in [-0.2, -0.15) is 22.0 Å². The van der Waals surface area contributed by atoms with Gasteiger partial charge in [-0.05, 0) is 12.1 Å². The van der Waals surface area contributed by atoms with E-state index in [0.717, 1.165) is 11.1 Å². The molecule has 10 heteroatoms. The van der Waals surface area contributed by atoms with Crippen LogP contribution in [0.3, 0.4) is 0 Å². The number of allylic oxidation sites excluding steroid dienone is 2. The van der Waals surface area contributed by atoms with Crippen LogP contribution in [0, 0.1) is 5.82 Å². The lowest BCUT2D eigenvalue weighted by atomic mass is 9.85. The predicted molar refractivity (Wildman–Crippen MR) is 81.6 cm³/mol. The van der Waals surface area contributed by atoms with E-state index >= 15 is 0 Å². The summed E-state index contributed by atoms with van der Waals surface area (Å²) < 4.78 is 88.6. The van der Waals surface area contributed by atoms with Gasteiger partial charge in [0.25, 0.3) is 0 Å². The molecule has 4 nitrogen and oxygen atoms in total. The molecule has 27 heavy (non-hydrogen) atoms. The summed E-state index contributed by atoms with van der Waals surface area (Å²) in [5.74, 6) is -1.49. The summed E-state index contributed by atoms with van der Waals surface area (Å²) in [7, 11) is 0. The van der Waals surface area contributed by atoms with Gasteiger partial charge in [0.2, 0.25) is 0 Å². The summed E-state index contributed by atoms with van der Waals surface area (Å²) in [6.07, 6.45) is -3.22. The average Bonchev–Trinajstić information content (AvgIpc) is 2.94. The first-order valence-corrected chi connectivity index (χ1v) is 7.94. The topological polar surface area (TPSA) is 34.1 Å². The minimum atomic E-state index is -4.75. The summed E-state index contributed by atoms with van der Waals surface area (Å²) in [5, 5.41) is 0. The molecular formula is C17H12F6N2O2. The minimum Gasteiger partial charge on any atom is -0.490 e. The van der Waals surface area contributed by atoms with Crippen molar-refractivity contribution in [2.45, 2.75) is 24.7 Å². The molecule has 0 N–H and O–H groups in total. The van der Waals surface area contributed by atoms with Crippen molar-refractivity contribution in [1.82, 2.24) is 4.90 Å². The molecule has 0 aromatic heterocycles. The molecule has 1 aromatic rings. The van der Waals surface area contributed by atoms with E-state index in [0.29, 0.717) is 11.6 Å². The Balaban J connectivity index is 1.82. The number of benzene rings is 1. The zero-order chi connectivity index (χ0) is 19.4. The summed E-state index contributed by atoms with van der Waals surface area (Å²) in [4.78, 5) is 5.50. The maximum atomic E-state index is 14.1. The zero-order valence-electron chi connectivity index (χ0n) is 13.6. The SMILES string of the molecule is Fc1cccc2c1OCC[C@@]21CN2C=C(C(F)(F)F)C=C(OC(F)F)C2=N1. The smallest absolute Gasteiger partial charge is 0.417 e. The van der Waals surface area contributed by atoms with Crippen molar-refractivity contribution in [2.75, 3.05) is 13.2 Å². The van der Waals surface area contributed by atoms with Crippen molar-refractivity contribution in [3.63, 3.8) is 0 Å². The second-order valence-corrected chi connectivity index (χ2v) is 6.28. The lowest BCUT2D eigenvalue weighted by Gasteiger charge is -2.33. The predicted octanol–water partition coefficient (Wildman–Crippen LogP) is 4.10. The summed E-state index contributed by atoms with van der Waals surface area (Å²) in [5.41, 5.74) is -1.90. The van der Waals surface area contributed by atoms with E-state index < -0.39 is 35.5 Å². The summed E-state index contributed by atoms with van der Waals surface area (Å²) in [6, 6.07) is 4.19. The Kier molecular flexibility index (Phi) is 3.90. The monoisotopic (exact) mass is 390 g/mol. The Hall–Kier alpha value is -2.65. The fourth-order valence-electron chi connectivity index (χ4n) is 3.47. The zero-order valence-corrected chi connectivity index (χ0v) is 13.6. The molecule has 3 aliphatic rings. The van der Waals surface area contributed by atoms with E-state index in [2.05, 4.69) is 9.73 Å². The normalized spacial score (nSPS) is 24.1. The number of amidine groups is 1. The van der Waals surface area contributed by atoms with Crippen LogP contribution in [0.2, 0.25) is 0 Å². The standard InChI is InChI=1S/C17H12F6N2O2/c18-11-3-1-2-10-13(11)26-5-4-16(10)8-25-7-9(17(21,22)23)6-12(14(25)24-16)27-15(19)20/h1-3,6-7,15H,4-5,8H2/t16-/m1/s1. The van der Waals surface area contributed by atoms with Gasteiger partial charge >= 0.3 is 12.8 Å². The molecule has 0 unspecified atom stereocenters. The van der Waals surface area contributed by atoms with Gasteiger partial charge in [0.15, 0.2) is 23.2 Å². The van der Waals surface area contributed by atoms with Crippen LogP contribution in [0.1, 0.15) is 12.0 Å². The molecule has 1 spiro atoms. The highest BCUT2D eigenvalue weighted by Gasteiger charge is 2.48. The molecule has 0 fully saturated rings. The van der Waals surface area contributed by atoms with Crippen molar-refractivity contribution in [3.05, 3.63) is 53.2 Å². The number of halogens is 6. The highest BCUT2D eigenvalue weighted by atomic mass is 19.4. The van der Waals surface area contributed by atoms with Crippen molar-refractivity contribution >= 4 is 5.84 Å². The van der Waals surface area contributed by atoms with Gasteiger partial charge in [0, 0.05) is 18.2 Å². The Labute approximate surface area is 149 Å². The molecule has 0 bridgehead atoms. The quantitative estimate of drug-likeness (QED) is 0.713. The number of rotatable bonds is 2. The molecule has 0 saturated heterocycles. The Morgan fingerprint density at radius 2 is 2.04 bits per heavy atom. The van der Waals surface area contributed by atoms with Crippen molar-refractivity contribution in [1.29, 1.82) is 0 Å². The minimum absolute atomic E-state index is 0.0340. The Morgan fingerprint density at radius 1 is 1.26 bits per heavy atom. The van der Waals surface area contributed by atoms with Crippen LogP contribution in [-0.2, 0) is 10.3 Å². The van der Waals surface area contributed by atoms with Crippen LogP contribution in [0.15, 0.2) is 46.8 Å². The Morgan fingerprint density at radius 3 is 2.74 bits per heavy atom. The van der Waals surface area contributed by atoms with E-state index in [1.54, 1.807) is 6.07 Å². The van der Waals surface area contributed by atoms with Gasteiger partial charge in [0.1, 0.15) is 5.54 Å². The number of hydrogen-bond donors (Lipinski definition) is 0. The van der Waals surface area contributed by atoms with E-state index in [1.165, 1.54) is 12.1 Å². The second kappa shape index (κ2) is 5.93. The fraction of sp³-hybridized carbons (Fsp3) is 0.353. The number of nitrogens with zero attached hydrogens (tertiary/aromatic N) is 2. The molecule has 144 valence electrons. The maximum absolute atomic E-state index is 14.1. The number of fused-ring (bicyclic) bond motifs is 3. The van der Waals surface area contributed by atoms with Crippen LogP contribution in [0.5, 0.6) is 5.75 Å². The molecule has 0 radical (unpaired) electrons. The average molecular weight is 390 g/mol. The number of hydrogen-bond acceptors (Lipinski definition) is 4. The number of alkyl halides is 5. The molecule has 0 aliphatic carbocycles. The van der Waals surface area contributed by atoms with Crippen LogP contribution >= 0.6 is 0 Å². The Bertz CT molecular complexity index is 877. The first kappa shape index (κ1) is 17.7. The van der Waals surface area contributed by atoms with Crippen LogP contribution in [0.4, 0.5) is 26.3 Å². The van der Waals surface area contributed by atoms with Gasteiger partial charge in [-0.3, -0.25) is 4.99 Å². The first-order valence-electron chi connectivity index (χ1n) is 7.94. The second-order valence-electron chi connectivity index (χ2n) is 6.28. The van der Waals surface area contributed by atoms with Gasteiger partial charge in [-0.15, -0.1) is 0 Å². The van der Waals surface area contributed by atoms with E-state index in [9.17, 15) is 26.3 Å². The fourth-order valence-corrected chi connectivity index (χ4v) is 3.47. The van der Waals surface area contributed by atoms with Crippen LogP contribution in [0.25, 0.3) is 0 Å². The van der Waals surface area contributed by atoms with E-state index in [-0.39, 0.29) is 31.2 Å². The highest BCUT2D eigenvalue weighted by molar-refractivity contribution is 6.00. The molecule has 1 aromatic carbocycles. The number of para-hydroxylation sites is 1. The van der Waals surface area contributed by atoms with E-state index in [1.807, 2.05) is 0 Å². The molecular weight excluding hydrogens is 378 g/mol. The third-order valence-corrected chi connectivity index (χ3v) is 4.60. The third-order valence-electron chi connectivity index (χ3n) is 4.60. The molecule has 4 rings (SSSR count). The highest BCUT2D eigenvalue weighted by Crippen LogP contribution is 2.46. The number of ether oxygens (including phenoxy) is 2. The molecule has 1 atom stereocenters. The lowest BCUT2D eigenvalue weighted by Crippen LogP contribution is -2.37. The number of aliphatic imine (C=N–C) groups is 1. The van der Waals surface area contributed by atoms with Gasteiger partial charge in [-0.25, -0.2) is 4.39 Å². The van der Waals surface area contributed by atoms with E-state index in [4.69, 9.17) is 4.74 Å². The van der Waals surface area contributed by atoms with Crippen LogP contribution < -0.4 is 4.74 Å². The summed E-state index contributed by atoms with van der Waals surface area (Å²) >= 11 is 0. The molecule has 3 aliphatic heterocycles. The van der Waals surface area contributed by atoms with Gasteiger partial charge in [-0.1, -0.05) is 12.1 Å². The molecule has 0 amide bonds.